The molecule has 1 aliphatic heterocycles. The Kier molecular flexibility index (Phi) is 5.90. The summed E-state index contributed by atoms with van der Waals surface area (Å²) in [5.41, 5.74) is 1.01. The average Bonchev–Trinajstić information content (AvgIpc) is 3.37. The lowest BCUT2D eigenvalue weighted by atomic mass is 9.75. The summed E-state index contributed by atoms with van der Waals surface area (Å²) in [5.74, 6) is 2.30. The summed E-state index contributed by atoms with van der Waals surface area (Å²) in [6, 6.07) is 0. The van der Waals surface area contributed by atoms with E-state index in [0.717, 1.165) is 50.0 Å². The van der Waals surface area contributed by atoms with Gasteiger partial charge in [0.2, 0.25) is 15.0 Å². The lowest BCUT2D eigenvalue weighted by molar-refractivity contribution is 0.0798. The second-order valence-corrected chi connectivity index (χ2v) is 10.7. The summed E-state index contributed by atoms with van der Waals surface area (Å²) >= 11 is 0. The number of hydrogen-bond donors (Lipinski definition) is 0. The molecule has 3 fully saturated rings. The van der Waals surface area contributed by atoms with Crippen molar-refractivity contribution < 1.29 is 13.2 Å². The van der Waals surface area contributed by atoms with Crippen molar-refractivity contribution in [1.29, 1.82) is 0 Å². The van der Waals surface area contributed by atoms with Crippen LogP contribution in [0.5, 0.6) is 0 Å². The highest BCUT2D eigenvalue weighted by molar-refractivity contribution is 7.91. The largest absolute Gasteiger partial charge is 0.383 e. The number of fused-ring (bicyclic) bond motifs is 1. The van der Waals surface area contributed by atoms with E-state index in [1.807, 2.05) is 4.57 Å². The van der Waals surface area contributed by atoms with E-state index in [9.17, 15) is 8.42 Å². The van der Waals surface area contributed by atoms with Crippen molar-refractivity contribution >= 4 is 9.84 Å². The molecule has 1 aromatic rings. The monoisotopic (exact) mass is 395 g/mol. The minimum absolute atomic E-state index is 0.240. The summed E-state index contributed by atoms with van der Waals surface area (Å²) in [5, 5.41) is 0.244. The molecule has 0 bridgehead atoms. The number of likely N-dealkylation sites (tertiary alicyclic amines) is 1. The molecule has 0 radical (unpaired) electrons. The third-order valence-corrected chi connectivity index (χ3v) is 8.40. The van der Waals surface area contributed by atoms with Crippen LogP contribution in [-0.2, 0) is 27.7 Å². The number of aromatic nitrogens is 2. The zero-order chi connectivity index (χ0) is 18.9. The predicted octanol–water partition coefficient (Wildman–Crippen LogP) is 2.73. The summed E-state index contributed by atoms with van der Waals surface area (Å²) in [6.45, 7) is 4.09. The number of imidazole rings is 1. The molecule has 0 unspecified atom stereocenters. The Morgan fingerprint density at radius 3 is 2.67 bits per heavy atom. The van der Waals surface area contributed by atoms with Crippen LogP contribution in [0.25, 0.3) is 0 Å². The highest BCUT2D eigenvalue weighted by atomic mass is 32.2. The van der Waals surface area contributed by atoms with Crippen molar-refractivity contribution in [2.24, 2.45) is 17.8 Å². The first-order valence-electron chi connectivity index (χ1n) is 10.6. The summed E-state index contributed by atoms with van der Waals surface area (Å²) in [7, 11) is -1.66. The fourth-order valence-electron chi connectivity index (χ4n) is 4.91. The zero-order valence-electron chi connectivity index (χ0n) is 16.5. The minimum atomic E-state index is -3.32. The Morgan fingerprint density at radius 2 is 1.93 bits per heavy atom. The molecule has 4 rings (SSSR count). The summed E-state index contributed by atoms with van der Waals surface area (Å²) in [4.78, 5) is 6.87. The van der Waals surface area contributed by atoms with Gasteiger partial charge in [-0.1, -0.05) is 19.3 Å². The summed E-state index contributed by atoms with van der Waals surface area (Å²) < 4.78 is 32.8. The molecule has 2 heterocycles. The van der Waals surface area contributed by atoms with E-state index in [2.05, 4.69) is 9.88 Å². The Labute approximate surface area is 163 Å². The highest BCUT2D eigenvalue weighted by Crippen LogP contribution is 2.36. The fourth-order valence-corrected chi connectivity index (χ4v) is 6.77. The molecule has 1 saturated heterocycles. The van der Waals surface area contributed by atoms with Crippen LogP contribution in [0.2, 0.25) is 0 Å². The smallest absolute Gasteiger partial charge is 0.227 e. The maximum Gasteiger partial charge on any atom is 0.227 e. The Hall–Kier alpha value is -0.920. The zero-order valence-corrected chi connectivity index (χ0v) is 17.3. The van der Waals surface area contributed by atoms with Gasteiger partial charge in [0.05, 0.1) is 24.3 Å². The average molecular weight is 396 g/mol. The van der Waals surface area contributed by atoms with Crippen LogP contribution in [0.4, 0.5) is 0 Å². The highest BCUT2D eigenvalue weighted by Gasteiger charge is 2.34. The molecule has 2 saturated carbocycles. The van der Waals surface area contributed by atoms with Crippen LogP contribution in [0.15, 0.2) is 11.4 Å². The van der Waals surface area contributed by atoms with Gasteiger partial charge in [0.25, 0.3) is 0 Å². The molecule has 27 heavy (non-hydrogen) atoms. The molecular weight excluding hydrogens is 362 g/mol. The Balaban J connectivity index is 1.49. The standard InChI is InChI=1S/C20H33N3O3S/c1-26-11-10-23-19(12-21-20(23)27(24,25)15-16-6-7-16)14-22-9-8-17-4-2-3-5-18(17)13-22/h12,16-18H,2-11,13-15H2,1H3/t17-,18-/m0/s1. The lowest BCUT2D eigenvalue weighted by Crippen LogP contribution is -2.41. The topological polar surface area (TPSA) is 64.4 Å². The number of ether oxygens (including phenoxy) is 1. The molecule has 2 atom stereocenters. The first-order chi connectivity index (χ1) is 13.1. The molecule has 0 N–H and O–H groups in total. The Morgan fingerprint density at radius 1 is 1.15 bits per heavy atom. The van der Waals surface area contributed by atoms with Crippen molar-refractivity contribution in [3.63, 3.8) is 0 Å². The van der Waals surface area contributed by atoms with Crippen LogP contribution >= 0.6 is 0 Å². The van der Waals surface area contributed by atoms with Gasteiger partial charge in [0.15, 0.2) is 0 Å². The number of nitrogens with zero attached hydrogens (tertiary/aromatic N) is 3. The number of piperidine rings is 1. The number of sulfone groups is 1. The van der Waals surface area contributed by atoms with Crippen molar-refractivity contribution in [1.82, 2.24) is 14.5 Å². The molecule has 0 aromatic carbocycles. The van der Waals surface area contributed by atoms with Crippen LogP contribution in [0.1, 0.15) is 50.6 Å². The molecule has 0 spiro atoms. The van der Waals surface area contributed by atoms with E-state index < -0.39 is 9.84 Å². The number of hydrogen-bond acceptors (Lipinski definition) is 5. The van der Waals surface area contributed by atoms with E-state index >= 15 is 0 Å². The van der Waals surface area contributed by atoms with Gasteiger partial charge >= 0.3 is 0 Å². The number of methoxy groups -OCH3 is 1. The van der Waals surface area contributed by atoms with Crippen LogP contribution in [0, 0.1) is 17.8 Å². The molecule has 7 heteroatoms. The van der Waals surface area contributed by atoms with Gasteiger partial charge in [-0.15, -0.1) is 0 Å². The molecule has 0 amide bonds. The fraction of sp³-hybridized carbons (Fsp3) is 0.850. The Bertz CT molecular complexity index is 742. The quantitative estimate of drug-likeness (QED) is 0.677. The third kappa shape index (κ3) is 4.57. The second-order valence-electron chi connectivity index (χ2n) is 8.73. The van der Waals surface area contributed by atoms with Crippen molar-refractivity contribution in [3.05, 3.63) is 11.9 Å². The maximum absolute atomic E-state index is 12.8. The SMILES string of the molecule is COCCn1c(CN2CC[C@@H]3CCCC[C@H]3C2)cnc1S(=O)(=O)CC1CC1. The minimum Gasteiger partial charge on any atom is -0.383 e. The maximum atomic E-state index is 12.8. The van der Waals surface area contributed by atoms with E-state index in [1.54, 1.807) is 13.3 Å². The van der Waals surface area contributed by atoms with Crippen molar-refractivity contribution in [3.8, 4) is 0 Å². The van der Waals surface area contributed by atoms with Gasteiger partial charge in [-0.3, -0.25) is 4.90 Å². The normalized spacial score (nSPS) is 26.9. The molecule has 6 nitrogen and oxygen atoms in total. The molecular formula is C20H33N3O3S. The van der Waals surface area contributed by atoms with Gasteiger partial charge in [0.1, 0.15) is 0 Å². The van der Waals surface area contributed by atoms with E-state index in [-0.39, 0.29) is 10.9 Å². The van der Waals surface area contributed by atoms with E-state index in [0.29, 0.717) is 19.1 Å². The van der Waals surface area contributed by atoms with E-state index in [1.165, 1.54) is 32.1 Å². The van der Waals surface area contributed by atoms with Gasteiger partial charge in [-0.2, -0.15) is 0 Å². The van der Waals surface area contributed by atoms with Crippen LogP contribution < -0.4 is 0 Å². The second kappa shape index (κ2) is 8.21. The predicted molar refractivity (Wildman–Crippen MR) is 104 cm³/mol. The van der Waals surface area contributed by atoms with Crippen molar-refractivity contribution in [2.75, 3.05) is 32.6 Å². The molecule has 152 valence electrons. The number of rotatable bonds is 8. The van der Waals surface area contributed by atoms with Gasteiger partial charge < -0.3 is 9.30 Å². The van der Waals surface area contributed by atoms with Crippen molar-refractivity contribution in [2.45, 2.75) is 63.2 Å². The molecule has 2 aliphatic carbocycles. The third-order valence-electron chi connectivity index (χ3n) is 6.61. The lowest BCUT2D eigenvalue weighted by Gasteiger charge is -2.41. The molecule has 1 aromatic heterocycles. The van der Waals surface area contributed by atoms with Gasteiger partial charge in [0, 0.05) is 26.7 Å². The first-order valence-corrected chi connectivity index (χ1v) is 12.2. The van der Waals surface area contributed by atoms with Crippen LogP contribution in [0.3, 0.4) is 0 Å². The molecule has 3 aliphatic rings. The van der Waals surface area contributed by atoms with E-state index in [4.69, 9.17) is 4.74 Å². The van der Waals surface area contributed by atoms with Gasteiger partial charge in [-0.25, -0.2) is 13.4 Å². The van der Waals surface area contributed by atoms with Crippen LogP contribution in [-0.4, -0.2) is 55.4 Å². The van der Waals surface area contributed by atoms with Gasteiger partial charge in [-0.05, 0) is 50.0 Å². The summed E-state index contributed by atoms with van der Waals surface area (Å²) in [6.07, 6.45) is 10.6. The first kappa shape index (κ1) is 19.4.